The standard InChI is InChI=1S/C29H32F2N6O2S/c1-19(16-32)14-27(38)25-15-21(30)4-8-24(25)29-26(18-37(35-29)28-9-5-22(31)17-34-28)20-2-6-23(7-3-20)36-10-12-40(33,39)13-11-36/h2-3,5-7,9,17-19,21,24-25,33H,4,8,10-15H2,1H3/t19-,21+,24-,25-/m1/s1. The van der Waals surface area contributed by atoms with Crippen LogP contribution in [0.5, 0.6) is 0 Å². The van der Waals surface area contributed by atoms with Crippen LogP contribution < -0.4 is 4.90 Å². The summed E-state index contributed by atoms with van der Waals surface area (Å²) in [6.07, 6.45) is 2.75. The summed E-state index contributed by atoms with van der Waals surface area (Å²) in [5, 5.41) is 14.1. The van der Waals surface area contributed by atoms with Gasteiger partial charge in [-0.3, -0.25) is 9.57 Å². The second-order valence-electron chi connectivity index (χ2n) is 10.8. The number of anilines is 1. The molecule has 0 amide bonds. The first-order chi connectivity index (χ1) is 19.1. The molecule has 2 fully saturated rings. The minimum Gasteiger partial charge on any atom is -0.370 e. The highest BCUT2D eigenvalue weighted by atomic mass is 32.2. The summed E-state index contributed by atoms with van der Waals surface area (Å²) < 4.78 is 49.6. The Balaban J connectivity index is 1.52. The van der Waals surface area contributed by atoms with Gasteiger partial charge in [0.15, 0.2) is 5.82 Å². The summed E-state index contributed by atoms with van der Waals surface area (Å²) in [6, 6.07) is 12.8. The number of halogens is 2. The van der Waals surface area contributed by atoms with Gasteiger partial charge in [-0.2, -0.15) is 10.4 Å². The van der Waals surface area contributed by atoms with Crippen LogP contribution in [0.15, 0.2) is 48.8 Å². The lowest BCUT2D eigenvalue weighted by molar-refractivity contribution is -0.125. The summed E-state index contributed by atoms with van der Waals surface area (Å²) in [6.45, 7) is 2.80. The molecule has 8 nitrogen and oxygen atoms in total. The molecule has 0 bridgehead atoms. The van der Waals surface area contributed by atoms with Crippen molar-refractivity contribution in [3.8, 4) is 23.0 Å². The Morgan fingerprint density at radius 1 is 1.20 bits per heavy atom. The van der Waals surface area contributed by atoms with Crippen LogP contribution in [0.2, 0.25) is 0 Å². The Kier molecular flexibility index (Phi) is 7.99. The topological polar surface area (TPSA) is 116 Å². The van der Waals surface area contributed by atoms with Crippen molar-refractivity contribution >= 4 is 21.2 Å². The van der Waals surface area contributed by atoms with Gasteiger partial charge < -0.3 is 4.90 Å². The predicted molar refractivity (Wildman–Crippen MR) is 149 cm³/mol. The molecule has 1 aromatic carbocycles. The maximum absolute atomic E-state index is 14.6. The molecule has 0 unspecified atom stereocenters. The van der Waals surface area contributed by atoms with Crippen LogP contribution >= 0.6 is 0 Å². The van der Waals surface area contributed by atoms with E-state index in [1.165, 1.54) is 12.1 Å². The van der Waals surface area contributed by atoms with Crippen LogP contribution in [-0.4, -0.2) is 55.5 Å². The number of nitrogens with one attached hydrogen (secondary N) is 1. The number of nitriles is 1. The summed E-state index contributed by atoms with van der Waals surface area (Å²) >= 11 is 0. The van der Waals surface area contributed by atoms with E-state index in [1.807, 2.05) is 30.5 Å². The quantitative estimate of drug-likeness (QED) is 0.416. The van der Waals surface area contributed by atoms with Crippen LogP contribution in [0.1, 0.15) is 44.2 Å². The van der Waals surface area contributed by atoms with Crippen molar-refractivity contribution < 1.29 is 17.8 Å². The number of hydrogen-bond donors (Lipinski definition) is 1. The Bertz CT molecular complexity index is 1500. The van der Waals surface area contributed by atoms with E-state index in [9.17, 15) is 23.0 Å². The number of hydrogen-bond acceptors (Lipinski definition) is 7. The normalized spacial score (nSPS) is 23.4. The van der Waals surface area contributed by atoms with Crippen LogP contribution in [0.4, 0.5) is 14.5 Å². The van der Waals surface area contributed by atoms with E-state index in [1.54, 1.807) is 11.6 Å². The summed E-state index contributed by atoms with van der Waals surface area (Å²) in [5.74, 6) is -0.903. The lowest BCUT2D eigenvalue weighted by Gasteiger charge is -2.32. The molecule has 1 aliphatic carbocycles. The van der Waals surface area contributed by atoms with Gasteiger partial charge in [0.2, 0.25) is 0 Å². The number of rotatable bonds is 7. The number of carbonyl (C=O) groups excluding carboxylic acids is 1. The smallest absolute Gasteiger partial charge is 0.153 e. The number of alkyl halides is 1. The maximum atomic E-state index is 14.6. The molecule has 1 saturated heterocycles. The summed E-state index contributed by atoms with van der Waals surface area (Å²) in [5.41, 5.74) is 3.25. The molecule has 0 spiro atoms. The van der Waals surface area contributed by atoms with Crippen molar-refractivity contribution in [2.45, 2.75) is 44.7 Å². The first-order valence-corrected chi connectivity index (χ1v) is 15.4. The highest BCUT2D eigenvalue weighted by Gasteiger charge is 2.39. The van der Waals surface area contributed by atoms with Gasteiger partial charge in [-0.05, 0) is 56.0 Å². The predicted octanol–water partition coefficient (Wildman–Crippen LogP) is 5.28. The summed E-state index contributed by atoms with van der Waals surface area (Å²) in [4.78, 5) is 19.6. The zero-order valence-corrected chi connectivity index (χ0v) is 23.1. The SMILES string of the molecule is C[C@@H](C#N)CC(=O)[C@@H]1C[C@@H](F)CC[C@H]1c1nn(-c2ccc(F)cn2)cc1-c1ccc(N2CCS(=N)(=O)CC2)cc1. The third-order valence-corrected chi connectivity index (χ3v) is 9.58. The molecule has 1 saturated carbocycles. The molecule has 0 radical (unpaired) electrons. The van der Waals surface area contributed by atoms with Crippen molar-refractivity contribution in [3.63, 3.8) is 0 Å². The highest BCUT2D eigenvalue weighted by Crippen LogP contribution is 2.43. The second kappa shape index (κ2) is 11.5. The van der Waals surface area contributed by atoms with Gasteiger partial charge in [0.05, 0.1) is 23.9 Å². The molecule has 2 aromatic heterocycles. The number of benzene rings is 1. The van der Waals surface area contributed by atoms with E-state index in [4.69, 9.17) is 9.88 Å². The Hall–Kier alpha value is -3.65. The van der Waals surface area contributed by atoms with Gasteiger partial charge in [-0.25, -0.2) is 22.7 Å². The molecular weight excluding hydrogens is 534 g/mol. The summed E-state index contributed by atoms with van der Waals surface area (Å²) in [7, 11) is -2.50. The van der Waals surface area contributed by atoms with E-state index < -0.39 is 33.6 Å². The third kappa shape index (κ3) is 6.07. The average molecular weight is 567 g/mol. The van der Waals surface area contributed by atoms with Crippen LogP contribution in [-0.2, 0) is 14.5 Å². The van der Waals surface area contributed by atoms with Gasteiger partial charge >= 0.3 is 0 Å². The minimum atomic E-state index is -2.50. The first kappa shape index (κ1) is 27.9. The van der Waals surface area contributed by atoms with Crippen LogP contribution in [0, 0.1) is 33.8 Å². The molecule has 1 N–H and O–H groups in total. The van der Waals surface area contributed by atoms with E-state index in [0.717, 1.165) is 23.0 Å². The Morgan fingerprint density at radius 2 is 1.93 bits per heavy atom. The van der Waals surface area contributed by atoms with E-state index in [2.05, 4.69) is 16.0 Å². The molecule has 3 aromatic rings. The van der Waals surface area contributed by atoms with Crippen molar-refractivity contribution in [1.82, 2.24) is 14.8 Å². The third-order valence-electron chi connectivity index (χ3n) is 7.89. The Labute approximate surface area is 233 Å². The fraction of sp³-hybridized carbons (Fsp3) is 0.448. The second-order valence-corrected chi connectivity index (χ2v) is 13.2. The fourth-order valence-corrected chi connectivity index (χ4v) is 6.88. The highest BCUT2D eigenvalue weighted by molar-refractivity contribution is 7.92. The van der Waals surface area contributed by atoms with Gasteiger partial charge in [0.25, 0.3) is 0 Å². The van der Waals surface area contributed by atoms with Gasteiger partial charge in [0, 0.05) is 70.0 Å². The number of nitrogens with zero attached hydrogens (tertiary/aromatic N) is 5. The van der Waals surface area contributed by atoms with Crippen molar-refractivity contribution in [3.05, 3.63) is 60.3 Å². The molecular formula is C29H32F2N6O2S. The molecule has 2 aliphatic rings. The average Bonchev–Trinajstić information content (AvgIpc) is 3.38. The molecule has 1 aliphatic heterocycles. The van der Waals surface area contributed by atoms with Crippen LogP contribution in [0.3, 0.4) is 0 Å². The van der Waals surface area contributed by atoms with Crippen molar-refractivity contribution in [2.75, 3.05) is 29.5 Å². The number of Topliss-reactive ketones (excluding diaryl/α,β-unsaturated/α-hetero) is 1. The van der Waals surface area contributed by atoms with Crippen LogP contribution in [0.25, 0.3) is 16.9 Å². The lowest BCUT2D eigenvalue weighted by Crippen LogP contribution is -2.39. The molecule has 210 valence electrons. The zero-order chi connectivity index (χ0) is 28.4. The van der Waals surface area contributed by atoms with Gasteiger partial charge in [-0.15, -0.1) is 0 Å². The number of aromatic nitrogens is 3. The lowest BCUT2D eigenvalue weighted by atomic mass is 9.72. The largest absolute Gasteiger partial charge is 0.370 e. The van der Waals surface area contributed by atoms with E-state index in [0.29, 0.717) is 48.9 Å². The molecule has 3 heterocycles. The molecule has 5 rings (SSSR count). The molecule has 4 atom stereocenters. The van der Waals surface area contributed by atoms with Gasteiger partial charge in [0.1, 0.15) is 17.8 Å². The van der Waals surface area contributed by atoms with Crippen molar-refractivity contribution in [1.29, 1.82) is 10.0 Å². The van der Waals surface area contributed by atoms with E-state index in [-0.39, 0.29) is 24.5 Å². The molecule has 11 heteroatoms. The Morgan fingerprint density at radius 3 is 2.58 bits per heavy atom. The zero-order valence-electron chi connectivity index (χ0n) is 22.3. The monoisotopic (exact) mass is 566 g/mol. The maximum Gasteiger partial charge on any atom is 0.153 e. The van der Waals surface area contributed by atoms with Gasteiger partial charge in [-0.1, -0.05) is 12.1 Å². The van der Waals surface area contributed by atoms with E-state index >= 15 is 0 Å². The molecule has 40 heavy (non-hydrogen) atoms. The number of carbonyl (C=O) groups is 1. The first-order valence-electron chi connectivity index (χ1n) is 13.5. The number of ketones is 1. The minimum absolute atomic E-state index is 0.0646. The number of pyridine rings is 1. The fourth-order valence-electron chi connectivity index (χ4n) is 5.64. The van der Waals surface area contributed by atoms with Crippen molar-refractivity contribution in [2.24, 2.45) is 11.8 Å².